The Morgan fingerprint density at radius 2 is 2.26 bits per heavy atom. The first-order chi connectivity index (χ1) is 9.26. The van der Waals surface area contributed by atoms with Crippen molar-refractivity contribution in [2.75, 3.05) is 11.9 Å². The number of hydrogen-bond donors (Lipinski definition) is 1. The maximum Gasteiger partial charge on any atom is 0.260 e. The second-order valence-corrected chi connectivity index (χ2v) is 5.20. The third-order valence-electron chi connectivity index (χ3n) is 2.88. The lowest BCUT2D eigenvalue weighted by atomic mass is 10.2. The normalized spacial score (nSPS) is 10.6. The van der Waals surface area contributed by atoms with Crippen LogP contribution >= 0.6 is 11.3 Å². The molecule has 2 heterocycles. The maximum atomic E-state index is 12.3. The van der Waals surface area contributed by atoms with Crippen molar-refractivity contribution in [3.8, 4) is 11.3 Å². The van der Waals surface area contributed by atoms with Crippen LogP contribution in [0, 0.1) is 0 Å². The highest BCUT2D eigenvalue weighted by Gasteiger charge is 2.09. The Balaban J connectivity index is 2.30. The molecular formula is C14H19N3OS. The Kier molecular flexibility index (Phi) is 4.74. The van der Waals surface area contributed by atoms with Gasteiger partial charge in [-0.25, -0.2) is 4.98 Å². The quantitative estimate of drug-likeness (QED) is 0.882. The van der Waals surface area contributed by atoms with Gasteiger partial charge in [0.2, 0.25) is 0 Å². The summed E-state index contributed by atoms with van der Waals surface area (Å²) >= 11 is 1.53. The Bertz CT molecular complexity index is 588. The first-order valence-corrected chi connectivity index (χ1v) is 7.53. The number of aryl methyl sites for hydroxylation is 1. The molecular weight excluding hydrogens is 258 g/mol. The van der Waals surface area contributed by atoms with Crippen LogP contribution in [0.4, 0.5) is 5.13 Å². The van der Waals surface area contributed by atoms with E-state index >= 15 is 0 Å². The zero-order valence-corrected chi connectivity index (χ0v) is 12.2. The molecule has 0 aliphatic carbocycles. The van der Waals surface area contributed by atoms with E-state index in [1.54, 1.807) is 4.57 Å². The van der Waals surface area contributed by atoms with Gasteiger partial charge < -0.3 is 9.88 Å². The second kappa shape index (κ2) is 6.52. The molecule has 0 unspecified atom stereocenters. The van der Waals surface area contributed by atoms with Gasteiger partial charge in [0.25, 0.3) is 5.56 Å². The van der Waals surface area contributed by atoms with E-state index in [4.69, 9.17) is 0 Å². The number of nitrogens with one attached hydrogen (secondary N) is 1. The Hall–Kier alpha value is -1.62. The summed E-state index contributed by atoms with van der Waals surface area (Å²) in [4.78, 5) is 16.8. The summed E-state index contributed by atoms with van der Waals surface area (Å²) in [5, 5.41) is 5.96. The largest absolute Gasteiger partial charge is 0.362 e. The van der Waals surface area contributed by atoms with Gasteiger partial charge in [-0.05, 0) is 25.5 Å². The maximum absolute atomic E-state index is 12.3. The molecule has 0 saturated heterocycles. The minimum atomic E-state index is 0.0456. The van der Waals surface area contributed by atoms with Crippen molar-refractivity contribution < 1.29 is 0 Å². The summed E-state index contributed by atoms with van der Waals surface area (Å²) in [7, 11) is 0. The van der Waals surface area contributed by atoms with Gasteiger partial charge >= 0.3 is 0 Å². The molecule has 19 heavy (non-hydrogen) atoms. The number of unbranched alkanes of at least 4 members (excludes halogenated alkanes) is 1. The monoisotopic (exact) mass is 277 g/mol. The molecule has 102 valence electrons. The standard InChI is InChI=1S/C14H19N3OS/c1-3-5-8-17-9-6-7-11(13(17)18)12-10-19-14(16-12)15-4-2/h6-7,9-10H,3-5,8H2,1-2H3,(H,15,16). The minimum Gasteiger partial charge on any atom is -0.362 e. The Morgan fingerprint density at radius 1 is 1.42 bits per heavy atom. The van der Waals surface area contributed by atoms with Gasteiger partial charge in [-0.3, -0.25) is 4.79 Å². The lowest BCUT2D eigenvalue weighted by molar-refractivity contribution is 0.614. The van der Waals surface area contributed by atoms with Crippen molar-refractivity contribution in [1.82, 2.24) is 9.55 Å². The molecule has 0 radical (unpaired) electrons. The third kappa shape index (κ3) is 3.23. The summed E-state index contributed by atoms with van der Waals surface area (Å²) in [5.74, 6) is 0. The number of thiazole rings is 1. The molecule has 0 amide bonds. The van der Waals surface area contributed by atoms with Crippen molar-refractivity contribution in [3.05, 3.63) is 34.1 Å². The van der Waals surface area contributed by atoms with Gasteiger partial charge in [-0.2, -0.15) is 0 Å². The van der Waals surface area contributed by atoms with E-state index in [0.717, 1.165) is 36.8 Å². The number of aromatic nitrogens is 2. The number of nitrogens with zero attached hydrogens (tertiary/aromatic N) is 2. The van der Waals surface area contributed by atoms with Crippen molar-refractivity contribution in [2.24, 2.45) is 0 Å². The summed E-state index contributed by atoms with van der Waals surface area (Å²) in [6.07, 6.45) is 3.94. The molecule has 2 aromatic rings. The fourth-order valence-electron chi connectivity index (χ4n) is 1.87. The Morgan fingerprint density at radius 3 is 3.00 bits per heavy atom. The van der Waals surface area contributed by atoms with E-state index < -0.39 is 0 Å². The van der Waals surface area contributed by atoms with E-state index in [-0.39, 0.29) is 5.56 Å². The molecule has 0 aliphatic heterocycles. The predicted molar refractivity (Wildman–Crippen MR) is 80.9 cm³/mol. The van der Waals surface area contributed by atoms with Crippen molar-refractivity contribution in [1.29, 1.82) is 0 Å². The van der Waals surface area contributed by atoms with Crippen molar-refractivity contribution in [3.63, 3.8) is 0 Å². The van der Waals surface area contributed by atoms with Gasteiger partial charge in [0.05, 0.1) is 11.3 Å². The molecule has 2 rings (SSSR count). The fourth-order valence-corrected chi connectivity index (χ4v) is 2.65. The molecule has 4 nitrogen and oxygen atoms in total. The van der Waals surface area contributed by atoms with E-state index in [1.165, 1.54) is 11.3 Å². The topological polar surface area (TPSA) is 46.9 Å². The first-order valence-electron chi connectivity index (χ1n) is 6.65. The summed E-state index contributed by atoms with van der Waals surface area (Å²) < 4.78 is 1.77. The summed E-state index contributed by atoms with van der Waals surface area (Å²) in [6.45, 7) is 5.76. The smallest absolute Gasteiger partial charge is 0.260 e. The van der Waals surface area contributed by atoms with Gasteiger partial charge in [-0.15, -0.1) is 11.3 Å². The van der Waals surface area contributed by atoms with Crippen LogP contribution in [0.25, 0.3) is 11.3 Å². The van der Waals surface area contributed by atoms with Crippen LogP contribution in [-0.2, 0) is 6.54 Å². The van der Waals surface area contributed by atoms with Gasteiger partial charge in [0, 0.05) is 24.7 Å². The predicted octanol–water partition coefficient (Wildman–Crippen LogP) is 3.20. The lowest BCUT2D eigenvalue weighted by Gasteiger charge is -2.05. The van der Waals surface area contributed by atoms with Crippen molar-refractivity contribution >= 4 is 16.5 Å². The highest BCUT2D eigenvalue weighted by atomic mass is 32.1. The molecule has 0 aromatic carbocycles. The average Bonchev–Trinajstić information content (AvgIpc) is 2.86. The van der Waals surface area contributed by atoms with Gasteiger partial charge in [0.1, 0.15) is 0 Å². The molecule has 0 bridgehead atoms. The highest BCUT2D eigenvalue weighted by Crippen LogP contribution is 2.22. The summed E-state index contributed by atoms with van der Waals surface area (Å²) in [6, 6.07) is 3.76. The first kappa shape index (κ1) is 13.8. The van der Waals surface area contributed by atoms with Crippen molar-refractivity contribution in [2.45, 2.75) is 33.2 Å². The SMILES string of the molecule is CCCCn1cccc(-c2csc(NCC)n2)c1=O. The molecule has 0 fully saturated rings. The number of anilines is 1. The zero-order chi connectivity index (χ0) is 13.7. The fraction of sp³-hybridized carbons (Fsp3) is 0.429. The van der Waals surface area contributed by atoms with E-state index in [0.29, 0.717) is 5.56 Å². The molecule has 0 aliphatic rings. The van der Waals surface area contributed by atoms with Crippen LogP contribution in [0.2, 0.25) is 0 Å². The molecule has 2 aromatic heterocycles. The zero-order valence-electron chi connectivity index (χ0n) is 11.3. The molecule has 0 atom stereocenters. The van der Waals surface area contributed by atoms with Gasteiger partial charge in [-0.1, -0.05) is 13.3 Å². The van der Waals surface area contributed by atoms with Crippen LogP contribution in [0.5, 0.6) is 0 Å². The van der Waals surface area contributed by atoms with E-state index in [2.05, 4.69) is 17.2 Å². The average molecular weight is 277 g/mol. The third-order valence-corrected chi connectivity index (χ3v) is 3.68. The van der Waals surface area contributed by atoms with Crippen LogP contribution < -0.4 is 10.9 Å². The van der Waals surface area contributed by atoms with Crippen LogP contribution in [0.15, 0.2) is 28.5 Å². The van der Waals surface area contributed by atoms with E-state index in [9.17, 15) is 4.79 Å². The van der Waals surface area contributed by atoms with Crippen LogP contribution in [-0.4, -0.2) is 16.1 Å². The Labute approximate surface area is 117 Å². The molecule has 1 N–H and O–H groups in total. The second-order valence-electron chi connectivity index (χ2n) is 4.34. The lowest BCUT2D eigenvalue weighted by Crippen LogP contribution is -2.20. The summed E-state index contributed by atoms with van der Waals surface area (Å²) in [5.41, 5.74) is 1.49. The van der Waals surface area contributed by atoms with Gasteiger partial charge in [0.15, 0.2) is 5.13 Å². The van der Waals surface area contributed by atoms with Crippen LogP contribution in [0.3, 0.4) is 0 Å². The number of pyridine rings is 1. The molecule has 5 heteroatoms. The number of rotatable bonds is 6. The van der Waals surface area contributed by atoms with E-state index in [1.807, 2.05) is 30.6 Å². The molecule has 0 spiro atoms. The highest BCUT2D eigenvalue weighted by molar-refractivity contribution is 7.14. The number of hydrogen-bond acceptors (Lipinski definition) is 4. The minimum absolute atomic E-state index is 0.0456. The molecule has 0 saturated carbocycles. The van der Waals surface area contributed by atoms with Crippen LogP contribution in [0.1, 0.15) is 26.7 Å².